The van der Waals surface area contributed by atoms with Crippen LogP contribution in [0.25, 0.3) is 10.9 Å². The molecule has 0 radical (unpaired) electrons. The van der Waals surface area contributed by atoms with Gasteiger partial charge in [0.15, 0.2) is 0 Å². The van der Waals surface area contributed by atoms with Crippen LogP contribution in [0.4, 0.5) is 0 Å². The number of para-hydroxylation sites is 1. The highest BCUT2D eigenvalue weighted by molar-refractivity contribution is 6.05. The zero-order valence-corrected chi connectivity index (χ0v) is 13.9. The van der Waals surface area contributed by atoms with Gasteiger partial charge in [-0.15, -0.1) is 0 Å². The van der Waals surface area contributed by atoms with E-state index in [0.29, 0.717) is 18.7 Å². The first-order chi connectivity index (χ1) is 11.6. The number of hydrogen-bond donors (Lipinski definition) is 0. The lowest BCUT2D eigenvalue weighted by Crippen LogP contribution is -2.31. The Hall–Kier alpha value is -2.88. The van der Waals surface area contributed by atoms with Crippen molar-refractivity contribution in [3.8, 4) is 5.75 Å². The average Bonchev–Trinajstić information content (AvgIpc) is 2.62. The van der Waals surface area contributed by atoms with Crippen molar-refractivity contribution in [2.24, 2.45) is 0 Å². The fourth-order valence-corrected chi connectivity index (χ4v) is 2.52. The SMILES string of the molecule is Cc1ccc(OCCN(C)C(=O)c2ccnc3ccccc23)cc1. The molecule has 0 aliphatic rings. The normalized spacial score (nSPS) is 10.6. The summed E-state index contributed by atoms with van der Waals surface area (Å²) in [6, 6.07) is 17.3. The molecule has 0 saturated carbocycles. The third-order valence-corrected chi connectivity index (χ3v) is 3.94. The zero-order chi connectivity index (χ0) is 16.9. The Morgan fingerprint density at radius 2 is 1.83 bits per heavy atom. The van der Waals surface area contributed by atoms with Crippen LogP contribution < -0.4 is 4.74 Å². The van der Waals surface area contributed by atoms with Gasteiger partial charge in [0.25, 0.3) is 5.91 Å². The topological polar surface area (TPSA) is 42.4 Å². The third-order valence-electron chi connectivity index (χ3n) is 3.94. The molecule has 0 bridgehead atoms. The van der Waals surface area contributed by atoms with Gasteiger partial charge in [-0.3, -0.25) is 9.78 Å². The van der Waals surface area contributed by atoms with Gasteiger partial charge >= 0.3 is 0 Å². The van der Waals surface area contributed by atoms with Gasteiger partial charge in [-0.25, -0.2) is 0 Å². The van der Waals surface area contributed by atoms with Crippen LogP contribution in [-0.2, 0) is 0 Å². The van der Waals surface area contributed by atoms with E-state index in [1.54, 1.807) is 24.2 Å². The Morgan fingerprint density at radius 1 is 1.08 bits per heavy atom. The molecule has 24 heavy (non-hydrogen) atoms. The minimum Gasteiger partial charge on any atom is -0.492 e. The summed E-state index contributed by atoms with van der Waals surface area (Å²) in [6.45, 7) is 3.01. The zero-order valence-electron chi connectivity index (χ0n) is 13.9. The van der Waals surface area contributed by atoms with Gasteiger partial charge in [-0.05, 0) is 31.2 Å². The molecule has 122 valence electrons. The highest BCUT2D eigenvalue weighted by atomic mass is 16.5. The number of benzene rings is 2. The Morgan fingerprint density at radius 3 is 2.62 bits per heavy atom. The molecule has 0 fully saturated rings. The van der Waals surface area contributed by atoms with Gasteiger partial charge in [0.05, 0.1) is 17.6 Å². The van der Waals surface area contributed by atoms with Crippen LogP contribution in [-0.4, -0.2) is 36.0 Å². The fourth-order valence-electron chi connectivity index (χ4n) is 2.52. The number of aryl methyl sites for hydroxylation is 1. The molecular formula is C20H20N2O2. The van der Waals surface area contributed by atoms with E-state index < -0.39 is 0 Å². The van der Waals surface area contributed by atoms with Gasteiger partial charge in [0, 0.05) is 18.6 Å². The van der Waals surface area contributed by atoms with E-state index in [-0.39, 0.29) is 5.91 Å². The van der Waals surface area contributed by atoms with Crippen molar-refractivity contribution in [3.05, 3.63) is 71.9 Å². The van der Waals surface area contributed by atoms with Crippen LogP contribution in [0.15, 0.2) is 60.8 Å². The number of likely N-dealkylation sites (N-methyl/N-ethyl adjacent to an activating group) is 1. The standard InChI is InChI=1S/C20H20N2O2/c1-15-7-9-16(10-8-15)24-14-13-22(2)20(23)18-11-12-21-19-6-4-3-5-17(18)19/h3-12H,13-14H2,1-2H3. The molecule has 0 unspecified atom stereocenters. The van der Waals surface area contributed by atoms with E-state index in [4.69, 9.17) is 4.74 Å². The molecule has 3 rings (SSSR count). The number of rotatable bonds is 5. The third kappa shape index (κ3) is 3.54. The minimum absolute atomic E-state index is 0.0268. The van der Waals surface area contributed by atoms with Crippen LogP contribution in [0.2, 0.25) is 0 Å². The van der Waals surface area contributed by atoms with Crippen molar-refractivity contribution in [1.29, 1.82) is 0 Å². The Bertz CT molecular complexity index is 838. The Labute approximate surface area is 141 Å². The summed E-state index contributed by atoms with van der Waals surface area (Å²) in [5.41, 5.74) is 2.69. The van der Waals surface area contributed by atoms with E-state index in [1.165, 1.54) is 5.56 Å². The summed E-state index contributed by atoms with van der Waals surface area (Å²) in [4.78, 5) is 18.7. The molecule has 1 amide bonds. The summed E-state index contributed by atoms with van der Waals surface area (Å²) in [5, 5.41) is 0.872. The van der Waals surface area contributed by atoms with E-state index in [0.717, 1.165) is 16.7 Å². The monoisotopic (exact) mass is 320 g/mol. The molecule has 0 N–H and O–H groups in total. The Balaban J connectivity index is 1.65. The number of pyridine rings is 1. The predicted octanol–water partition coefficient (Wildman–Crippen LogP) is 3.69. The number of hydrogen-bond acceptors (Lipinski definition) is 3. The maximum absolute atomic E-state index is 12.7. The van der Waals surface area contributed by atoms with Crippen molar-refractivity contribution < 1.29 is 9.53 Å². The molecule has 0 saturated heterocycles. The highest BCUT2D eigenvalue weighted by Gasteiger charge is 2.14. The quantitative estimate of drug-likeness (QED) is 0.720. The molecule has 1 heterocycles. The van der Waals surface area contributed by atoms with Crippen molar-refractivity contribution in [2.45, 2.75) is 6.92 Å². The number of nitrogens with zero attached hydrogens (tertiary/aromatic N) is 2. The second kappa shape index (κ2) is 7.13. The molecule has 1 aromatic heterocycles. The van der Waals surface area contributed by atoms with Gasteiger partial charge in [0.2, 0.25) is 0 Å². The lowest BCUT2D eigenvalue weighted by molar-refractivity contribution is 0.0775. The fraction of sp³-hybridized carbons (Fsp3) is 0.200. The molecule has 4 nitrogen and oxygen atoms in total. The van der Waals surface area contributed by atoms with Crippen molar-refractivity contribution in [2.75, 3.05) is 20.2 Å². The number of carbonyl (C=O) groups is 1. The molecule has 0 aliphatic heterocycles. The molecule has 2 aromatic carbocycles. The molecule has 0 spiro atoms. The first kappa shape index (κ1) is 16.0. The first-order valence-corrected chi connectivity index (χ1v) is 7.94. The Kier molecular flexibility index (Phi) is 4.75. The van der Waals surface area contributed by atoms with Crippen LogP contribution in [0, 0.1) is 6.92 Å². The van der Waals surface area contributed by atoms with Crippen LogP contribution in [0.1, 0.15) is 15.9 Å². The smallest absolute Gasteiger partial charge is 0.254 e. The molecule has 0 aliphatic carbocycles. The molecule has 4 heteroatoms. The number of ether oxygens (including phenoxy) is 1. The molecular weight excluding hydrogens is 300 g/mol. The molecule has 0 atom stereocenters. The first-order valence-electron chi connectivity index (χ1n) is 7.94. The highest BCUT2D eigenvalue weighted by Crippen LogP contribution is 2.17. The van der Waals surface area contributed by atoms with E-state index in [1.807, 2.05) is 55.5 Å². The van der Waals surface area contributed by atoms with Gasteiger partial charge in [-0.1, -0.05) is 35.9 Å². The second-order valence-electron chi connectivity index (χ2n) is 5.76. The maximum Gasteiger partial charge on any atom is 0.254 e. The van der Waals surface area contributed by atoms with Crippen molar-refractivity contribution >= 4 is 16.8 Å². The molecule has 3 aromatic rings. The number of carbonyl (C=O) groups excluding carboxylic acids is 1. The van der Waals surface area contributed by atoms with E-state index in [2.05, 4.69) is 4.98 Å². The van der Waals surface area contributed by atoms with E-state index in [9.17, 15) is 4.79 Å². The predicted molar refractivity (Wildman–Crippen MR) is 95.4 cm³/mol. The number of amides is 1. The van der Waals surface area contributed by atoms with Crippen LogP contribution in [0.5, 0.6) is 5.75 Å². The summed E-state index contributed by atoms with van der Waals surface area (Å²) in [7, 11) is 1.79. The van der Waals surface area contributed by atoms with Crippen LogP contribution >= 0.6 is 0 Å². The van der Waals surface area contributed by atoms with Crippen LogP contribution in [0.3, 0.4) is 0 Å². The van der Waals surface area contributed by atoms with Crippen molar-refractivity contribution in [1.82, 2.24) is 9.88 Å². The van der Waals surface area contributed by atoms with E-state index >= 15 is 0 Å². The second-order valence-corrected chi connectivity index (χ2v) is 5.76. The lowest BCUT2D eigenvalue weighted by atomic mass is 10.1. The summed E-state index contributed by atoms with van der Waals surface area (Å²) in [6.07, 6.45) is 1.67. The van der Waals surface area contributed by atoms with Gasteiger partial charge < -0.3 is 9.64 Å². The summed E-state index contributed by atoms with van der Waals surface area (Å²) >= 11 is 0. The lowest BCUT2D eigenvalue weighted by Gasteiger charge is -2.18. The number of aromatic nitrogens is 1. The number of fused-ring (bicyclic) bond motifs is 1. The maximum atomic E-state index is 12.7. The van der Waals surface area contributed by atoms with Crippen molar-refractivity contribution in [3.63, 3.8) is 0 Å². The summed E-state index contributed by atoms with van der Waals surface area (Å²) < 4.78 is 5.70. The van der Waals surface area contributed by atoms with Gasteiger partial charge in [0.1, 0.15) is 12.4 Å². The summed E-state index contributed by atoms with van der Waals surface area (Å²) in [5.74, 6) is 0.789. The average molecular weight is 320 g/mol. The largest absolute Gasteiger partial charge is 0.492 e. The van der Waals surface area contributed by atoms with Gasteiger partial charge in [-0.2, -0.15) is 0 Å². The minimum atomic E-state index is -0.0268.